The molecule has 1 aliphatic heterocycles. The quantitative estimate of drug-likeness (QED) is 0.548. The number of rotatable bonds is 5. The minimum atomic E-state index is -0.0582. The summed E-state index contributed by atoms with van der Waals surface area (Å²) in [5.74, 6) is 1.55. The monoisotopic (exact) mass is 497 g/mol. The highest BCUT2D eigenvalue weighted by Gasteiger charge is 2.26. The van der Waals surface area contributed by atoms with Gasteiger partial charge < -0.3 is 15.0 Å². The van der Waals surface area contributed by atoms with E-state index < -0.39 is 0 Å². The maximum absolute atomic E-state index is 12.7. The number of nitrogens with one attached hydrogen (secondary N) is 1. The van der Waals surface area contributed by atoms with E-state index in [0.717, 1.165) is 53.2 Å². The van der Waals surface area contributed by atoms with Gasteiger partial charge in [-0.3, -0.25) is 4.79 Å². The molecule has 0 unspecified atom stereocenters. The number of thiazole rings is 1. The van der Waals surface area contributed by atoms with Crippen LogP contribution < -0.4 is 15.0 Å². The second-order valence-electron chi connectivity index (χ2n) is 7.15. The number of ether oxygens (including phenoxy) is 1. The van der Waals surface area contributed by atoms with E-state index in [2.05, 4.69) is 42.2 Å². The number of pyridine rings is 1. The molecule has 0 aliphatic carbocycles. The first kappa shape index (κ1) is 21.3. The second-order valence-corrected chi connectivity index (χ2v) is 8.87. The Labute approximate surface area is 192 Å². The van der Waals surface area contributed by atoms with E-state index in [1.807, 2.05) is 29.6 Å². The highest BCUT2D eigenvalue weighted by atomic mass is 79.9. The Morgan fingerprint density at radius 3 is 2.77 bits per heavy atom. The van der Waals surface area contributed by atoms with Gasteiger partial charge in [-0.1, -0.05) is 0 Å². The van der Waals surface area contributed by atoms with Gasteiger partial charge in [0.15, 0.2) is 5.13 Å². The van der Waals surface area contributed by atoms with Crippen LogP contribution in [0.2, 0.25) is 0 Å². The summed E-state index contributed by atoms with van der Waals surface area (Å²) in [4.78, 5) is 23.8. The third-order valence-electron chi connectivity index (χ3n) is 5.25. The number of hydrogen-bond donors (Lipinski definition) is 1. The molecule has 0 atom stereocenters. The van der Waals surface area contributed by atoms with Crippen LogP contribution in [0.5, 0.6) is 5.75 Å². The van der Waals surface area contributed by atoms with Crippen molar-refractivity contribution in [2.45, 2.75) is 12.8 Å². The Hall–Kier alpha value is -2.96. The van der Waals surface area contributed by atoms with Crippen molar-refractivity contribution in [3.05, 3.63) is 51.9 Å². The molecule has 1 saturated heterocycles. The number of methoxy groups -OCH3 is 1. The van der Waals surface area contributed by atoms with Crippen LogP contribution in [0.4, 0.5) is 10.9 Å². The van der Waals surface area contributed by atoms with Crippen molar-refractivity contribution < 1.29 is 9.53 Å². The first-order chi connectivity index (χ1) is 15.1. The second kappa shape index (κ2) is 9.45. The number of hydrogen-bond acceptors (Lipinski definition) is 7. The molecule has 2 aromatic heterocycles. The van der Waals surface area contributed by atoms with E-state index in [0.29, 0.717) is 10.7 Å². The standard InChI is InChI=1S/C22H20BrN5O2S/c1-30-19-4-3-16(10-17(19)23)18-13-31-22(26-18)27-21(29)15-6-8-28(9-7-15)20-5-2-14(11-24)12-25-20/h2-5,10,12-13,15H,6-9H2,1H3,(H,26,27,29). The highest BCUT2D eigenvalue weighted by Crippen LogP contribution is 2.32. The molecule has 0 radical (unpaired) electrons. The van der Waals surface area contributed by atoms with Gasteiger partial charge in [0, 0.05) is 36.1 Å². The van der Waals surface area contributed by atoms with E-state index >= 15 is 0 Å². The number of benzene rings is 1. The van der Waals surface area contributed by atoms with Gasteiger partial charge >= 0.3 is 0 Å². The van der Waals surface area contributed by atoms with Crippen molar-refractivity contribution >= 4 is 44.1 Å². The molecule has 0 bridgehead atoms. The summed E-state index contributed by atoms with van der Waals surface area (Å²) in [6.07, 6.45) is 3.07. The molecule has 1 N–H and O–H groups in total. The van der Waals surface area contributed by atoms with Gasteiger partial charge in [0.25, 0.3) is 0 Å². The van der Waals surface area contributed by atoms with Gasteiger partial charge in [0.2, 0.25) is 5.91 Å². The zero-order chi connectivity index (χ0) is 21.8. The summed E-state index contributed by atoms with van der Waals surface area (Å²) >= 11 is 4.91. The van der Waals surface area contributed by atoms with Gasteiger partial charge in [-0.25, -0.2) is 9.97 Å². The van der Waals surface area contributed by atoms with Crippen LogP contribution in [0, 0.1) is 17.2 Å². The minimum Gasteiger partial charge on any atom is -0.496 e. The van der Waals surface area contributed by atoms with Crippen molar-refractivity contribution in [1.82, 2.24) is 9.97 Å². The average Bonchev–Trinajstić information content (AvgIpc) is 3.27. The molecule has 3 aromatic rings. The Kier molecular flexibility index (Phi) is 6.49. The predicted molar refractivity (Wildman–Crippen MR) is 124 cm³/mol. The fourth-order valence-corrected chi connectivity index (χ4v) is 4.77. The van der Waals surface area contributed by atoms with Gasteiger partial charge in [-0.2, -0.15) is 5.26 Å². The number of amides is 1. The topological polar surface area (TPSA) is 91.1 Å². The lowest BCUT2D eigenvalue weighted by Gasteiger charge is -2.31. The maximum atomic E-state index is 12.7. The molecule has 7 nitrogen and oxygen atoms in total. The Morgan fingerprint density at radius 1 is 1.32 bits per heavy atom. The smallest absolute Gasteiger partial charge is 0.229 e. The average molecular weight is 498 g/mol. The SMILES string of the molecule is COc1ccc(-c2csc(NC(=O)C3CCN(c4ccc(C#N)cn4)CC3)n2)cc1Br. The molecule has 1 amide bonds. The molecule has 4 rings (SSSR count). The molecule has 31 heavy (non-hydrogen) atoms. The highest BCUT2D eigenvalue weighted by molar-refractivity contribution is 9.10. The molecule has 3 heterocycles. The molecule has 158 valence electrons. The lowest BCUT2D eigenvalue weighted by molar-refractivity contribution is -0.120. The normalized spacial score (nSPS) is 14.2. The van der Waals surface area contributed by atoms with Crippen molar-refractivity contribution in [2.75, 3.05) is 30.4 Å². The molecular formula is C22H20BrN5O2S. The molecule has 1 fully saturated rings. The Morgan fingerprint density at radius 2 is 2.13 bits per heavy atom. The number of anilines is 2. The molecule has 9 heteroatoms. The number of halogens is 1. The molecular weight excluding hydrogens is 478 g/mol. The largest absolute Gasteiger partial charge is 0.496 e. The van der Waals surface area contributed by atoms with Crippen LogP contribution in [0.3, 0.4) is 0 Å². The Balaban J connectivity index is 1.34. The van der Waals surface area contributed by atoms with E-state index in [-0.39, 0.29) is 11.8 Å². The zero-order valence-electron chi connectivity index (χ0n) is 16.8. The van der Waals surface area contributed by atoms with Crippen LogP contribution in [0.25, 0.3) is 11.3 Å². The fourth-order valence-electron chi connectivity index (χ4n) is 3.51. The van der Waals surface area contributed by atoms with Gasteiger partial charge in [-0.15, -0.1) is 11.3 Å². The number of carbonyl (C=O) groups is 1. The number of carbonyl (C=O) groups excluding carboxylic acids is 1. The summed E-state index contributed by atoms with van der Waals surface area (Å²) in [7, 11) is 1.63. The van der Waals surface area contributed by atoms with Crippen LogP contribution in [0.1, 0.15) is 18.4 Å². The van der Waals surface area contributed by atoms with Gasteiger partial charge in [0.1, 0.15) is 17.6 Å². The van der Waals surface area contributed by atoms with Gasteiger partial charge in [-0.05, 0) is 59.1 Å². The first-order valence-corrected chi connectivity index (χ1v) is 11.5. The minimum absolute atomic E-state index is 0.00393. The predicted octanol–water partition coefficient (Wildman–Crippen LogP) is 4.70. The summed E-state index contributed by atoms with van der Waals surface area (Å²) in [5.41, 5.74) is 2.31. The lowest BCUT2D eigenvalue weighted by atomic mass is 9.96. The summed E-state index contributed by atoms with van der Waals surface area (Å²) in [6.45, 7) is 1.50. The Bertz CT molecular complexity index is 1120. The molecule has 1 aliphatic rings. The number of aromatic nitrogens is 2. The molecule has 1 aromatic carbocycles. The van der Waals surface area contributed by atoms with Crippen molar-refractivity contribution in [1.29, 1.82) is 5.26 Å². The van der Waals surface area contributed by atoms with Crippen LogP contribution in [-0.4, -0.2) is 36.1 Å². The number of piperidine rings is 1. The van der Waals surface area contributed by atoms with Crippen LogP contribution >= 0.6 is 27.3 Å². The third kappa shape index (κ3) is 4.86. The molecule has 0 spiro atoms. The van der Waals surface area contributed by atoms with E-state index in [1.54, 1.807) is 19.4 Å². The maximum Gasteiger partial charge on any atom is 0.229 e. The fraction of sp³-hybridized carbons (Fsp3) is 0.273. The van der Waals surface area contributed by atoms with E-state index in [4.69, 9.17) is 10.00 Å². The van der Waals surface area contributed by atoms with Crippen molar-refractivity contribution in [2.24, 2.45) is 5.92 Å². The van der Waals surface area contributed by atoms with Crippen molar-refractivity contribution in [3.8, 4) is 23.1 Å². The van der Waals surface area contributed by atoms with Crippen molar-refractivity contribution in [3.63, 3.8) is 0 Å². The van der Waals surface area contributed by atoms with Crippen LogP contribution in [0.15, 0.2) is 46.4 Å². The molecule has 0 saturated carbocycles. The third-order valence-corrected chi connectivity index (χ3v) is 6.63. The summed E-state index contributed by atoms with van der Waals surface area (Å²) in [5, 5.41) is 14.4. The van der Waals surface area contributed by atoms with Gasteiger partial charge in [0.05, 0.1) is 22.8 Å². The number of nitrogens with zero attached hydrogens (tertiary/aromatic N) is 4. The van der Waals surface area contributed by atoms with E-state index in [9.17, 15) is 4.79 Å². The first-order valence-electron chi connectivity index (χ1n) is 9.79. The number of nitriles is 1. The summed E-state index contributed by atoms with van der Waals surface area (Å²) < 4.78 is 6.12. The zero-order valence-corrected chi connectivity index (χ0v) is 19.2. The summed E-state index contributed by atoms with van der Waals surface area (Å²) in [6, 6.07) is 11.5. The lowest BCUT2D eigenvalue weighted by Crippen LogP contribution is -2.38. The van der Waals surface area contributed by atoms with Crippen LogP contribution in [-0.2, 0) is 4.79 Å². The van der Waals surface area contributed by atoms with E-state index in [1.165, 1.54) is 11.3 Å².